The minimum atomic E-state index is -0.417. The first kappa shape index (κ1) is 21.4. The van der Waals surface area contributed by atoms with Crippen molar-refractivity contribution in [1.82, 2.24) is 4.90 Å². The molecule has 0 N–H and O–H groups in total. The molecule has 1 fully saturated rings. The summed E-state index contributed by atoms with van der Waals surface area (Å²) < 4.78 is 19.4. The average Bonchev–Trinajstić information content (AvgIpc) is 3.37. The van der Waals surface area contributed by atoms with Gasteiger partial charge in [-0.15, -0.1) is 5.10 Å². The highest BCUT2D eigenvalue weighted by molar-refractivity contribution is 8.18. The van der Waals surface area contributed by atoms with Crippen LogP contribution in [0.15, 0.2) is 80.4 Å². The highest BCUT2D eigenvalue weighted by Crippen LogP contribution is 2.34. The lowest BCUT2D eigenvalue weighted by Gasteiger charge is -2.12. The third-order valence-corrected chi connectivity index (χ3v) is 6.13. The van der Waals surface area contributed by atoms with Crippen LogP contribution in [0, 0.1) is 5.82 Å². The second-order valence-electron chi connectivity index (χ2n) is 6.37. The minimum absolute atomic E-state index is 0.166. The number of benzene rings is 2. The van der Waals surface area contributed by atoms with E-state index in [4.69, 9.17) is 27.6 Å². The Morgan fingerprint density at radius 2 is 1.87 bits per heavy atom. The summed E-state index contributed by atoms with van der Waals surface area (Å²) in [5.74, 6) is -0.157. The predicted octanol–water partition coefficient (Wildman–Crippen LogP) is 6.23. The molecule has 156 valence electrons. The molecule has 31 heavy (non-hydrogen) atoms. The summed E-state index contributed by atoms with van der Waals surface area (Å²) in [6.07, 6.45) is 4.47. The SMILES string of the molecule is O=C1/C(=C/c2ccccc2F)S/C(=N\N=C\c2cccc(Cl)c2Cl)N1Cc1ccco1. The van der Waals surface area contributed by atoms with E-state index in [-0.39, 0.29) is 12.5 Å². The zero-order chi connectivity index (χ0) is 21.8. The van der Waals surface area contributed by atoms with Crippen LogP contribution in [0.5, 0.6) is 0 Å². The van der Waals surface area contributed by atoms with Crippen LogP contribution < -0.4 is 0 Å². The van der Waals surface area contributed by atoms with Gasteiger partial charge in [-0.3, -0.25) is 9.69 Å². The maximum Gasteiger partial charge on any atom is 0.267 e. The van der Waals surface area contributed by atoms with Crippen molar-refractivity contribution in [2.75, 3.05) is 0 Å². The molecule has 9 heteroatoms. The van der Waals surface area contributed by atoms with Crippen LogP contribution >= 0.6 is 35.0 Å². The van der Waals surface area contributed by atoms with E-state index in [0.717, 1.165) is 11.8 Å². The molecule has 1 aromatic heterocycles. The van der Waals surface area contributed by atoms with Crippen LogP contribution in [0.25, 0.3) is 6.08 Å². The van der Waals surface area contributed by atoms with Crippen molar-refractivity contribution in [3.63, 3.8) is 0 Å². The number of carbonyl (C=O) groups excluding carboxylic acids is 1. The molecule has 1 saturated heterocycles. The van der Waals surface area contributed by atoms with Gasteiger partial charge >= 0.3 is 0 Å². The smallest absolute Gasteiger partial charge is 0.267 e. The van der Waals surface area contributed by atoms with Crippen molar-refractivity contribution < 1.29 is 13.6 Å². The van der Waals surface area contributed by atoms with Crippen LogP contribution in [0.2, 0.25) is 10.0 Å². The molecule has 2 aromatic carbocycles. The molecule has 1 aliphatic rings. The van der Waals surface area contributed by atoms with Gasteiger partial charge in [-0.05, 0) is 42.1 Å². The van der Waals surface area contributed by atoms with Gasteiger partial charge in [0.2, 0.25) is 0 Å². The lowest BCUT2D eigenvalue weighted by Crippen LogP contribution is -2.28. The van der Waals surface area contributed by atoms with Crippen molar-refractivity contribution in [3.05, 3.63) is 98.5 Å². The molecule has 1 aliphatic heterocycles. The number of thioether (sulfide) groups is 1. The molecule has 0 spiro atoms. The van der Waals surface area contributed by atoms with E-state index >= 15 is 0 Å². The lowest BCUT2D eigenvalue weighted by molar-refractivity contribution is -0.122. The van der Waals surface area contributed by atoms with Gasteiger partial charge in [-0.1, -0.05) is 53.5 Å². The van der Waals surface area contributed by atoms with Gasteiger partial charge in [-0.25, -0.2) is 4.39 Å². The highest BCUT2D eigenvalue weighted by Gasteiger charge is 2.34. The summed E-state index contributed by atoms with van der Waals surface area (Å²) in [6.45, 7) is 0.166. The fourth-order valence-corrected chi connectivity index (χ4v) is 4.06. The van der Waals surface area contributed by atoms with E-state index in [2.05, 4.69) is 10.2 Å². The summed E-state index contributed by atoms with van der Waals surface area (Å²) >= 11 is 13.3. The number of carbonyl (C=O) groups is 1. The lowest BCUT2D eigenvalue weighted by atomic mass is 10.2. The number of amidine groups is 1. The molecule has 0 bridgehead atoms. The largest absolute Gasteiger partial charge is 0.467 e. The quantitative estimate of drug-likeness (QED) is 0.250. The van der Waals surface area contributed by atoms with Crippen molar-refractivity contribution in [2.24, 2.45) is 10.2 Å². The molecule has 1 amide bonds. The second kappa shape index (κ2) is 9.51. The summed E-state index contributed by atoms with van der Waals surface area (Å²) in [6, 6.07) is 14.9. The number of hydrogen-bond donors (Lipinski definition) is 0. The van der Waals surface area contributed by atoms with Crippen molar-refractivity contribution >= 4 is 58.3 Å². The van der Waals surface area contributed by atoms with Crippen LogP contribution in [0.4, 0.5) is 4.39 Å². The normalized spacial score (nSPS) is 16.9. The molecule has 0 aliphatic carbocycles. The van der Waals surface area contributed by atoms with Crippen molar-refractivity contribution in [1.29, 1.82) is 0 Å². The first-order valence-electron chi connectivity index (χ1n) is 9.06. The van der Waals surface area contributed by atoms with E-state index in [1.165, 1.54) is 29.5 Å². The van der Waals surface area contributed by atoms with Gasteiger partial charge in [0.1, 0.15) is 11.6 Å². The number of rotatable bonds is 5. The topological polar surface area (TPSA) is 58.2 Å². The fourth-order valence-electron chi connectivity index (χ4n) is 2.77. The van der Waals surface area contributed by atoms with E-state index in [9.17, 15) is 9.18 Å². The van der Waals surface area contributed by atoms with E-state index in [1.807, 2.05) is 0 Å². The van der Waals surface area contributed by atoms with Crippen LogP contribution in [0.1, 0.15) is 16.9 Å². The van der Waals surface area contributed by atoms with Crippen molar-refractivity contribution in [2.45, 2.75) is 6.54 Å². The highest BCUT2D eigenvalue weighted by atomic mass is 35.5. The Morgan fingerprint density at radius 1 is 1.06 bits per heavy atom. The minimum Gasteiger partial charge on any atom is -0.467 e. The van der Waals surface area contributed by atoms with E-state index < -0.39 is 5.82 Å². The number of furan rings is 1. The summed E-state index contributed by atoms with van der Waals surface area (Å²) in [4.78, 5) is 14.7. The summed E-state index contributed by atoms with van der Waals surface area (Å²) in [7, 11) is 0. The first-order valence-corrected chi connectivity index (χ1v) is 10.6. The Kier molecular flexibility index (Phi) is 6.56. The van der Waals surface area contributed by atoms with Crippen LogP contribution in [-0.2, 0) is 11.3 Å². The van der Waals surface area contributed by atoms with Gasteiger partial charge in [0.05, 0.1) is 34.0 Å². The van der Waals surface area contributed by atoms with Gasteiger partial charge < -0.3 is 4.42 Å². The Labute approximate surface area is 191 Å². The predicted molar refractivity (Wildman–Crippen MR) is 123 cm³/mol. The molecule has 0 atom stereocenters. The van der Waals surface area contributed by atoms with E-state index in [1.54, 1.807) is 48.5 Å². The number of amides is 1. The molecule has 0 unspecified atom stereocenters. The fraction of sp³-hybridized carbons (Fsp3) is 0.0455. The summed E-state index contributed by atoms with van der Waals surface area (Å²) in [5.41, 5.74) is 0.902. The average molecular weight is 474 g/mol. The molecular formula is C22H14Cl2FN3O2S. The summed E-state index contributed by atoms with van der Waals surface area (Å²) in [5, 5.41) is 9.35. The van der Waals surface area contributed by atoms with Gasteiger partial charge in [0.15, 0.2) is 5.17 Å². The Hall–Kier alpha value is -2.87. The van der Waals surface area contributed by atoms with Gasteiger partial charge in [0.25, 0.3) is 5.91 Å². The van der Waals surface area contributed by atoms with Gasteiger partial charge in [-0.2, -0.15) is 5.10 Å². The maximum atomic E-state index is 14.1. The molecule has 4 rings (SSSR count). The molecule has 2 heterocycles. The zero-order valence-corrected chi connectivity index (χ0v) is 18.2. The maximum absolute atomic E-state index is 14.1. The monoisotopic (exact) mass is 473 g/mol. The standard InChI is InChI=1S/C22H14Cl2FN3O2S/c23-17-8-3-6-15(20(17)24)12-26-27-22-28(13-16-7-4-10-30-16)21(29)19(31-22)11-14-5-1-2-9-18(14)25/h1-12H,13H2/b19-11-,26-12+,27-22-. The molecule has 0 radical (unpaired) electrons. The Bertz CT molecular complexity index is 1210. The van der Waals surface area contributed by atoms with Gasteiger partial charge in [0, 0.05) is 11.1 Å². The molecule has 0 saturated carbocycles. The van der Waals surface area contributed by atoms with Crippen molar-refractivity contribution in [3.8, 4) is 0 Å². The second-order valence-corrected chi connectivity index (χ2v) is 8.17. The first-order chi connectivity index (χ1) is 15.0. The number of hydrogen-bond acceptors (Lipinski definition) is 5. The number of halogens is 3. The molecular weight excluding hydrogens is 460 g/mol. The van der Waals surface area contributed by atoms with E-state index in [0.29, 0.717) is 37.0 Å². The third-order valence-electron chi connectivity index (χ3n) is 4.30. The number of nitrogens with zero attached hydrogens (tertiary/aromatic N) is 3. The zero-order valence-electron chi connectivity index (χ0n) is 15.8. The van der Waals surface area contributed by atoms with Crippen LogP contribution in [0.3, 0.4) is 0 Å². The Morgan fingerprint density at radius 3 is 2.65 bits per heavy atom. The third kappa shape index (κ3) is 4.90. The molecule has 3 aromatic rings. The molecule has 5 nitrogen and oxygen atoms in total. The van der Waals surface area contributed by atoms with Crippen LogP contribution in [-0.4, -0.2) is 22.2 Å². The Balaban J connectivity index is 1.65.